The van der Waals surface area contributed by atoms with Gasteiger partial charge in [0.1, 0.15) is 4.21 Å². The fraction of sp³-hybridized carbons (Fsp3) is 0.636. The van der Waals surface area contributed by atoms with Crippen LogP contribution in [0.1, 0.15) is 19.8 Å². The summed E-state index contributed by atoms with van der Waals surface area (Å²) in [4.78, 5) is 2.29. The van der Waals surface area contributed by atoms with Crippen molar-refractivity contribution in [1.29, 1.82) is 0 Å². The Bertz CT molecular complexity index is 492. The molecule has 102 valence electrons. The van der Waals surface area contributed by atoms with E-state index in [9.17, 15) is 8.42 Å². The largest absolute Gasteiger partial charge is 0.398 e. The number of hydrogen-bond acceptors (Lipinski definition) is 5. The number of sulfonamides is 1. The molecule has 1 unspecified atom stereocenters. The molecule has 1 aliphatic rings. The van der Waals surface area contributed by atoms with E-state index in [0.29, 0.717) is 5.69 Å². The second-order valence-corrected chi connectivity index (χ2v) is 7.58. The second kappa shape index (κ2) is 5.56. The molecule has 0 aromatic carbocycles. The zero-order valence-electron chi connectivity index (χ0n) is 10.4. The van der Waals surface area contributed by atoms with E-state index in [4.69, 9.17) is 5.73 Å². The van der Waals surface area contributed by atoms with Crippen molar-refractivity contribution in [2.24, 2.45) is 0 Å². The van der Waals surface area contributed by atoms with Crippen LogP contribution < -0.4 is 10.5 Å². The molecule has 0 aliphatic carbocycles. The molecule has 1 aliphatic heterocycles. The van der Waals surface area contributed by atoms with E-state index in [1.165, 1.54) is 18.9 Å². The molecule has 0 spiro atoms. The lowest BCUT2D eigenvalue weighted by Crippen LogP contribution is -2.40. The number of thiophene rings is 1. The lowest BCUT2D eigenvalue weighted by atomic mass is 10.3. The highest BCUT2D eigenvalue weighted by atomic mass is 32.2. The lowest BCUT2D eigenvalue weighted by molar-refractivity contribution is 0.313. The Kier molecular flexibility index (Phi) is 4.26. The van der Waals surface area contributed by atoms with E-state index in [0.717, 1.165) is 31.0 Å². The zero-order valence-corrected chi connectivity index (χ0v) is 12.1. The summed E-state index contributed by atoms with van der Waals surface area (Å²) in [5.41, 5.74) is 6.04. The number of nitrogens with two attached hydrogens (primary N) is 1. The van der Waals surface area contributed by atoms with Crippen molar-refractivity contribution in [2.75, 3.05) is 25.4 Å². The van der Waals surface area contributed by atoms with Gasteiger partial charge in [0.2, 0.25) is 10.0 Å². The molecule has 0 amide bonds. The standard InChI is InChI=1S/C11H19N3O2S2/c1-9(7-14-4-2-3-5-14)13-18(15,16)11-6-10(12)8-17-11/h6,8-9,13H,2-5,7,12H2,1H3. The molecule has 0 bridgehead atoms. The maximum Gasteiger partial charge on any atom is 0.250 e. The number of likely N-dealkylation sites (tertiary alicyclic amines) is 1. The van der Waals surface area contributed by atoms with Crippen molar-refractivity contribution in [2.45, 2.75) is 30.0 Å². The SMILES string of the molecule is CC(CN1CCCC1)NS(=O)(=O)c1cc(N)cs1. The maximum atomic E-state index is 12.1. The Morgan fingerprint density at radius 3 is 2.72 bits per heavy atom. The van der Waals surface area contributed by atoms with Crippen molar-refractivity contribution < 1.29 is 8.42 Å². The predicted octanol–water partition coefficient (Wildman–Crippen LogP) is 1.09. The average Bonchev–Trinajstić information content (AvgIpc) is 2.88. The van der Waals surface area contributed by atoms with Crippen LogP contribution in [0.2, 0.25) is 0 Å². The van der Waals surface area contributed by atoms with Gasteiger partial charge in [-0.25, -0.2) is 13.1 Å². The number of anilines is 1. The molecule has 2 heterocycles. The van der Waals surface area contributed by atoms with E-state index < -0.39 is 10.0 Å². The molecular weight excluding hydrogens is 270 g/mol. The zero-order chi connectivity index (χ0) is 13.2. The van der Waals surface area contributed by atoms with E-state index in [1.807, 2.05) is 6.92 Å². The van der Waals surface area contributed by atoms with E-state index in [1.54, 1.807) is 5.38 Å². The minimum absolute atomic E-state index is 0.0866. The summed E-state index contributed by atoms with van der Waals surface area (Å²) < 4.78 is 27.1. The van der Waals surface area contributed by atoms with Gasteiger partial charge in [-0.05, 0) is 38.9 Å². The first-order chi connectivity index (χ1) is 8.47. The molecule has 18 heavy (non-hydrogen) atoms. The van der Waals surface area contributed by atoms with Crippen LogP contribution in [0.3, 0.4) is 0 Å². The van der Waals surface area contributed by atoms with Crippen LogP contribution in [0.4, 0.5) is 5.69 Å². The van der Waals surface area contributed by atoms with Crippen LogP contribution in [-0.2, 0) is 10.0 Å². The van der Waals surface area contributed by atoms with Gasteiger partial charge in [0.25, 0.3) is 0 Å². The van der Waals surface area contributed by atoms with Gasteiger partial charge in [-0.3, -0.25) is 0 Å². The van der Waals surface area contributed by atoms with E-state index in [-0.39, 0.29) is 10.3 Å². The number of rotatable bonds is 5. The third-order valence-corrected chi connectivity index (χ3v) is 5.99. The third-order valence-electron chi connectivity index (χ3n) is 2.95. The first-order valence-electron chi connectivity index (χ1n) is 6.06. The van der Waals surface area contributed by atoms with Crippen LogP contribution in [0.5, 0.6) is 0 Å². The molecule has 2 rings (SSSR count). The van der Waals surface area contributed by atoms with Crippen LogP contribution >= 0.6 is 11.3 Å². The summed E-state index contributed by atoms with van der Waals surface area (Å²) in [6, 6.07) is 1.41. The second-order valence-electron chi connectivity index (χ2n) is 4.73. The Morgan fingerprint density at radius 2 is 2.17 bits per heavy atom. The van der Waals surface area contributed by atoms with Gasteiger partial charge in [0.15, 0.2) is 0 Å². The molecule has 3 N–H and O–H groups in total. The van der Waals surface area contributed by atoms with Crippen molar-refractivity contribution in [3.63, 3.8) is 0 Å². The monoisotopic (exact) mass is 289 g/mol. The molecule has 1 aromatic rings. The highest BCUT2D eigenvalue weighted by Gasteiger charge is 2.21. The van der Waals surface area contributed by atoms with Crippen LogP contribution in [0.15, 0.2) is 15.7 Å². The summed E-state index contributed by atoms with van der Waals surface area (Å²) in [6.07, 6.45) is 2.42. The fourth-order valence-corrected chi connectivity index (χ4v) is 4.52. The van der Waals surface area contributed by atoms with Gasteiger partial charge in [-0.15, -0.1) is 11.3 Å². The van der Waals surface area contributed by atoms with Gasteiger partial charge >= 0.3 is 0 Å². The Morgan fingerprint density at radius 1 is 1.50 bits per heavy atom. The van der Waals surface area contributed by atoms with Crippen LogP contribution in [-0.4, -0.2) is 39.0 Å². The summed E-state index contributed by atoms with van der Waals surface area (Å²) in [6.45, 7) is 4.79. The summed E-state index contributed by atoms with van der Waals surface area (Å²) in [7, 11) is -3.42. The third kappa shape index (κ3) is 3.44. The normalized spacial score (nSPS) is 19.2. The molecule has 1 saturated heterocycles. The summed E-state index contributed by atoms with van der Waals surface area (Å²) in [5.74, 6) is 0. The van der Waals surface area contributed by atoms with Gasteiger partial charge in [0, 0.05) is 23.7 Å². The Hall–Kier alpha value is -0.630. The molecule has 0 saturated carbocycles. The van der Waals surface area contributed by atoms with Gasteiger partial charge in [-0.2, -0.15) is 0 Å². The van der Waals surface area contributed by atoms with Gasteiger partial charge < -0.3 is 10.6 Å². The molecule has 7 heteroatoms. The summed E-state index contributed by atoms with van der Waals surface area (Å²) in [5, 5.41) is 1.64. The number of nitrogens with one attached hydrogen (secondary N) is 1. The average molecular weight is 289 g/mol. The lowest BCUT2D eigenvalue weighted by Gasteiger charge is -2.20. The van der Waals surface area contributed by atoms with Crippen LogP contribution in [0, 0.1) is 0 Å². The van der Waals surface area contributed by atoms with Crippen molar-refractivity contribution in [3.8, 4) is 0 Å². The quantitative estimate of drug-likeness (QED) is 0.851. The molecule has 1 aromatic heterocycles. The highest BCUT2D eigenvalue weighted by molar-refractivity contribution is 7.91. The predicted molar refractivity (Wildman–Crippen MR) is 74.2 cm³/mol. The number of hydrogen-bond donors (Lipinski definition) is 2. The van der Waals surface area contributed by atoms with Crippen LogP contribution in [0.25, 0.3) is 0 Å². The number of nitrogens with zero attached hydrogens (tertiary/aromatic N) is 1. The highest BCUT2D eigenvalue weighted by Crippen LogP contribution is 2.21. The smallest absolute Gasteiger partial charge is 0.250 e. The molecule has 1 fully saturated rings. The van der Waals surface area contributed by atoms with Gasteiger partial charge in [0.05, 0.1) is 0 Å². The first kappa shape index (κ1) is 13.8. The van der Waals surface area contributed by atoms with Crippen molar-refractivity contribution in [3.05, 3.63) is 11.4 Å². The van der Waals surface area contributed by atoms with Gasteiger partial charge in [-0.1, -0.05) is 0 Å². The van der Waals surface area contributed by atoms with E-state index in [2.05, 4.69) is 9.62 Å². The molecule has 5 nitrogen and oxygen atoms in total. The Balaban J connectivity index is 1.95. The Labute approximate surface area is 112 Å². The van der Waals surface area contributed by atoms with Crippen molar-refractivity contribution in [1.82, 2.24) is 9.62 Å². The number of nitrogen functional groups attached to an aromatic ring is 1. The molecule has 1 atom stereocenters. The fourth-order valence-electron chi connectivity index (χ4n) is 2.18. The minimum Gasteiger partial charge on any atom is -0.398 e. The topological polar surface area (TPSA) is 75.4 Å². The molecular formula is C11H19N3O2S2. The summed E-state index contributed by atoms with van der Waals surface area (Å²) >= 11 is 1.15. The first-order valence-corrected chi connectivity index (χ1v) is 8.42. The maximum absolute atomic E-state index is 12.1. The van der Waals surface area contributed by atoms with E-state index >= 15 is 0 Å². The van der Waals surface area contributed by atoms with Crippen molar-refractivity contribution >= 4 is 27.0 Å². The molecule has 0 radical (unpaired) electrons. The minimum atomic E-state index is -3.42.